The van der Waals surface area contributed by atoms with Crippen molar-refractivity contribution in [2.45, 2.75) is 31.2 Å². The van der Waals surface area contributed by atoms with Gasteiger partial charge in [-0.1, -0.05) is 29.5 Å². The second kappa shape index (κ2) is 7.96. The van der Waals surface area contributed by atoms with Crippen LogP contribution in [0, 0.1) is 13.8 Å². The number of thioether (sulfide) groups is 1. The summed E-state index contributed by atoms with van der Waals surface area (Å²) < 4.78 is 7.11. The van der Waals surface area contributed by atoms with Crippen molar-refractivity contribution in [3.8, 4) is 17.1 Å². The lowest BCUT2D eigenvalue weighted by molar-refractivity contribution is 0.0993. The Hall–Kier alpha value is -2.60. The van der Waals surface area contributed by atoms with Crippen LogP contribution in [0.5, 0.6) is 5.75 Å². The zero-order valence-electron chi connectivity index (χ0n) is 16.2. The fourth-order valence-electron chi connectivity index (χ4n) is 2.84. The molecule has 1 heterocycles. The van der Waals surface area contributed by atoms with E-state index in [0.29, 0.717) is 5.16 Å². The lowest BCUT2D eigenvalue weighted by atomic mass is 10.0. The molecule has 0 bridgehead atoms. The van der Waals surface area contributed by atoms with Gasteiger partial charge in [-0.25, -0.2) is 0 Å². The number of carbonyl (C=O) groups is 1. The Morgan fingerprint density at radius 1 is 1.11 bits per heavy atom. The molecule has 0 aliphatic carbocycles. The number of nitrogens with zero attached hydrogens (tertiary/aromatic N) is 3. The predicted octanol–water partition coefficient (Wildman–Crippen LogP) is 4.47. The zero-order valence-corrected chi connectivity index (χ0v) is 17.0. The molecular weight excluding hydrogens is 358 g/mol. The van der Waals surface area contributed by atoms with Gasteiger partial charge < -0.3 is 9.30 Å². The molecule has 0 N–H and O–H groups in total. The highest BCUT2D eigenvalue weighted by Gasteiger charge is 2.22. The number of carbonyl (C=O) groups excluding carboxylic acids is 1. The van der Waals surface area contributed by atoms with Crippen molar-refractivity contribution in [2.75, 3.05) is 7.11 Å². The molecule has 2 aromatic carbocycles. The molecule has 27 heavy (non-hydrogen) atoms. The first kappa shape index (κ1) is 19.2. The maximum Gasteiger partial charge on any atom is 0.191 e. The molecule has 140 valence electrons. The molecule has 3 rings (SSSR count). The van der Waals surface area contributed by atoms with Gasteiger partial charge in [0, 0.05) is 18.2 Å². The predicted molar refractivity (Wildman–Crippen MR) is 109 cm³/mol. The van der Waals surface area contributed by atoms with E-state index >= 15 is 0 Å². The monoisotopic (exact) mass is 381 g/mol. The average molecular weight is 382 g/mol. The number of benzene rings is 2. The second-order valence-electron chi connectivity index (χ2n) is 6.54. The number of aryl methyl sites for hydroxylation is 2. The summed E-state index contributed by atoms with van der Waals surface area (Å²) in [5.41, 5.74) is 3.80. The summed E-state index contributed by atoms with van der Waals surface area (Å²) in [5, 5.41) is 9.04. The van der Waals surface area contributed by atoms with Gasteiger partial charge in [-0.15, -0.1) is 10.2 Å². The van der Waals surface area contributed by atoms with E-state index < -0.39 is 0 Å². The maximum absolute atomic E-state index is 12.9. The Kier molecular flexibility index (Phi) is 5.65. The number of ether oxygens (including phenoxy) is 1. The van der Waals surface area contributed by atoms with Crippen molar-refractivity contribution < 1.29 is 9.53 Å². The highest BCUT2D eigenvalue weighted by Crippen LogP contribution is 2.28. The Morgan fingerprint density at radius 3 is 2.48 bits per heavy atom. The van der Waals surface area contributed by atoms with Gasteiger partial charge in [0.05, 0.1) is 12.4 Å². The summed E-state index contributed by atoms with van der Waals surface area (Å²) in [6.07, 6.45) is 0. The van der Waals surface area contributed by atoms with Gasteiger partial charge in [0.2, 0.25) is 0 Å². The standard InChI is InChI=1S/C21H23N3O2S/c1-13-6-7-14(2)18(12-13)19(25)15(3)27-21-23-22-20(24(21)4)16-8-10-17(26-5)11-9-16/h6-12,15H,1-5H3. The van der Waals surface area contributed by atoms with Crippen molar-refractivity contribution in [2.24, 2.45) is 7.05 Å². The average Bonchev–Trinajstić information content (AvgIpc) is 3.03. The molecule has 0 saturated carbocycles. The van der Waals surface area contributed by atoms with E-state index in [1.807, 2.05) is 74.9 Å². The number of rotatable bonds is 6. The molecule has 1 atom stereocenters. The molecule has 0 radical (unpaired) electrons. The molecule has 0 amide bonds. The number of hydrogen-bond donors (Lipinski definition) is 0. The smallest absolute Gasteiger partial charge is 0.191 e. The minimum atomic E-state index is -0.253. The van der Waals surface area contributed by atoms with Gasteiger partial charge in [0.1, 0.15) is 5.75 Å². The van der Waals surface area contributed by atoms with Crippen molar-refractivity contribution >= 4 is 17.5 Å². The summed E-state index contributed by atoms with van der Waals surface area (Å²) >= 11 is 1.43. The molecule has 3 aromatic rings. The van der Waals surface area contributed by atoms with Crippen LogP contribution >= 0.6 is 11.8 Å². The SMILES string of the molecule is COc1ccc(-c2nnc(SC(C)C(=O)c3cc(C)ccc3C)n2C)cc1. The third kappa shape index (κ3) is 4.06. The summed E-state index contributed by atoms with van der Waals surface area (Å²) in [5.74, 6) is 1.66. The number of aromatic nitrogens is 3. The molecule has 5 nitrogen and oxygen atoms in total. The Morgan fingerprint density at radius 2 is 1.81 bits per heavy atom. The Balaban J connectivity index is 1.80. The fourth-order valence-corrected chi connectivity index (χ4v) is 3.72. The topological polar surface area (TPSA) is 57.0 Å². The summed E-state index contributed by atoms with van der Waals surface area (Å²) in [7, 11) is 3.55. The van der Waals surface area contributed by atoms with E-state index in [1.165, 1.54) is 11.8 Å². The molecule has 0 fully saturated rings. The third-order valence-electron chi connectivity index (χ3n) is 4.49. The second-order valence-corrected chi connectivity index (χ2v) is 7.84. The number of methoxy groups -OCH3 is 1. The molecule has 6 heteroatoms. The van der Waals surface area contributed by atoms with Gasteiger partial charge >= 0.3 is 0 Å². The summed E-state index contributed by atoms with van der Waals surface area (Å²) in [6.45, 7) is 5.88. The van der Waals surface area contributed by atoms with Gasteiger partial charge in [-0.3, -0.25) is 4.79 Å². The van der Waals surface area contributed by atoms with Crippen LogP contribution in [0.15, 0.2) is 47.6 Å². The van der Waals surface area contributed by atoms with Crippen LogP contribution in [0.25, 0.3) is 11.4 Å². The van der Waals surface area contributed by atoms with Gasteiger partial charge in [-0.2, -0.15) is 0 Å². The molecule has 0 aliphatic heterocycles. The zero-order chi connectivity index (χ0) is 19.6. The van der Waals surface area contributed by atoms with Crippen LogP contribution in [0.1, 0.15) is 28.4 Å². The van der Waals surface area contributed by atoms with Gasteiger partial charge in [-0.05, 0) is 56.7 Å². The fraction of sp³-hybridized carbons (Fsp3) is 0.286. The summed E-state index contributed by atoms with van der Waals surface area (Å²) in [4.78, 5) is 12.9. The van der Waals surface area contributed by atoms with Crippen molar-refractivity contribution in [1.29, 1.82) is 0 Å². The first-order chi connectivity index (χ1) is 12.9. The molecule has 0 saturated heterocycles. The van der Waals surface area contributed by atoms with Crippen LogP contribution < -0.4 is 4.74 Å². The lowest BCUT2D eigenvalue weighted by Crippen LogP contribution is -2.16. The number of Topliss-reactive ketones (excluding diaryl/α,β-unsaturated/α-hetero) is 1. The van der Waals surface area contributed by atoms with Crippen LogP contribution in [0.3, 0.4) is 0 Å². The highest BCUT2D eigenvalue weighted by atomic mass is 32.2. The minimum absolute atomic E-state index is 0.107. The minimum Gasteiger partial charge on any atom is -0.497 e. The number of ketones is 1. The van der Waals surface area contributed by atoms with Gasteiger partial charge in [0.25, 0.3) is 0 Å². The third-order valence-corrected chi connectivity index (χ3v) is 5.63. The first-order valence-corrected chi connectivity index (χ1v) is 9.60. The molecule has 0 aliphatic rings. The lowest BCUT2D eigenvalue weighted by Gasteiger charge is -2.12. The number of hydrogen-bond acceptors (Lipinski definition) is 5. The Bertz CT molecular complexity index is 964. The van der Waals surface area contributed by atoms with E-state index in [2.05, 4.69) is 10.2 Å². The summed E-state index contributed by atoms with van der Waals surface area (Å²) in [6, 6.07) is 13.6. The van der Waals surface area contributed by atoms with E-state index in [4.69, 9.17) is 4.74 Å². The first-order valence-electron chi connectivity index (χ1n) is 8.72. The highest BCUT2D eigenvalue weighted by molar-refractivity contribution is 8.00. The molecule has 1 unspecified atom stereocenters. The Labute approximate surface area is 163 Å². The van der Waals surface area contributed by atoms with Crippen molar-refractivity contribution in [3.05, 3.63) is 59.2 Å². The molecular formula is C21H23N3O2S. The van der Waals surface area contributed by atoms with Crippen LogP contribution in [-0.4, -0.2) is 32.9 Å². The normalized spacial score (nSPS) is 12.0. The molecule has 0 spiro atoms. The van der Waals surface area contributed by atoms with Crippen LogP contribution in [0.4, 0.5) is 0 Å². The van der Waals surface area contributed by atoms with Crippen LogP contribution in [-0.2, 0) is 7.05 Å². The largest absolute Gasteiger partial charge is 0.497 e. The van der Waals surface area contributed by atoms with E-state index in [1.54, 1.807) is 7.11 Å². The quantitative estimate of drug-likeness (QED) is 0.466. The van der Waals surface area contributed by atoms with Crippen molar-refractivity contribution in [1.82, 2.24) is 14.8 Å². The van der Waals surface area contributed by atoms with E-state index in [9.17, 15) is 4.79 Å². The van der Waals surface area contributed by atoms with Crippen LogP contribution in [0.2, 0.25) is 0 Å². The van der Waals surface area contributed by atoms with E-state index in [-0.39, 0.29) is 11.0 Å². The van der Waals surface area contributed by atoms with E-state index in [0.717, 1.165) is 33.8 Å². The maximum atomic E-state index is 12.9. The van der Waals surface area contributed by atoms with Crippen molar-refractivity contribution in [3.63, 3.8) is 0 Å². The van der Waals surface area contributed by atoms with Gasteiger partial charge in [0.15, 0.2) is 16.8 Å². The molecule has 1 aromatic heterocycles.